The van der Waals surface area contributed by atoms with Gasteiger partial charge in [-0.05, 0) is 30.5 Å². The summed E-state index contributed by atoms with van der Waals surface area (Å²) in [7, 11) is 0. The predicted octanol–water partition coefficient (Wildman–Crippen LogP) is 0.503. The van der Waals surface area contributed by atoms with Crippen molar-refractivity contribution in [3.63, 3.8) is 0 Å². The number of carbonyl (C=O) groups excluding carboxylic acids is 1. The van der Waals surface area contributed by atoms with Gasteiger partial charge in [-0.15, -0.1) is 11.8 Å². The minimum atomic E-state index is -1.69. The second kappa shape index (κ2) is 6.72. The molecular formula is C16H20N2O5S. The van der Waals surface area contributed by atoms with Crippen LogP contribution >= 0.6 is 11.8 Å². The van der Waals surface area contributed by atoms with Crippen LogP contribution in [0.3, 0.4) is 0 Å². The highest BCUT2D eigenvalue weighted by atomic mass is 32.2. The summed E-state index contributed by atoms with van der Waals surface area (Å²) in [5.74, 6) is -0.830. The first-order valence-electron chi connectivity index (χ1n) is 7.81. The minimum Gasteiger partial charge on any atom is -0.479 e. The Hall–Kier alpha value is -1.61. The Balaban J connectivity index is 1.62. The summed E-state index contributed by atoms with van der Waals surface area (Å²) in [4.78, 5) is 25.3. The third-order valence-corrected chi connectivity index (χ3v) is 5.61. The Morgan fingerprint density at radius 3 is 2.75 bits per heavy atom. The molecule has 0 spiro atoms. The van der Waals surface area contributed by atoms with E-state index in [1.54, 1.807) is 4.90 Å². The molecule has 24 heavy (non-hydrogen) atoms. The molecule has 0 radical (unpaired) electrons. The number of carbonyl (C=O) groups is 2. The SMILES string of the molecule is O=C1CSc2ccc(CC(O)N3CCC(O)(C(=O)O)CC3)cc2N1. The average Bonchev–Trinajstić information content (AvgIpc) is 2.55. The zero-order chi connectivity index (χ0) is 17.3. The van der Waals surface area contributed by atoms with Crippen molar-refractivity contribution in [2.24, 2.45) is 0 Å². The summed E-state index contributed by atoms with van der Waals surface area (Å²) in [6.45, 7) is 0.642. The van der Waals surface area contributed by atoms with E-state index >= 15 is 0 Å². The number of carboxylic acid groups (broad SMARTS) is 1. The molecule has 0 aromatic heterocycles. The molecular weight excluding hydrogens is 332 g/mol. The number of benzene rings is 1. The molecule has 0 bridgehead atoms. The summed E-state index contributed by atoms with van der Waals surface area (Å²) >= 11 is 1.49. The highest BCUT2D eigenvalue weighted by molar-refractivity contribution is 8.00. The molecule has 0 saturated carbocycles. The fourth-order valence-corrected chi connectivity index (χ4v) is 3.79. The standard InChI is InChI=1S/C16H20N2O5S/c19-13-9-24-12-2-1-10(7-11(12)17-13)8-14(20)18-5-3-16(23,4-6-18)15(21)22/h1-2,7,14,20,23H,3-6,8-9H2,(H,17,19)(H,21,22). The second-order valence-electron chi connectivity index (χ2n) is 6.22. The van der Waals surface area contributed by atoms with Gasteiger partial charge in [-0.1, -0.05) is 6.07 Å². The molecule has 1 fully saturated rings. The molecule has 1 saturated heterocycles. The van der Waals surface area contributed by atoms with E-state index in [0.717, 1.165) is 16.1 Å². The lowest BCUT2D eigenvalue weighted by Crippen LogP contribution is -2.52. The fourth-order valence-electron chi connectivity index (χ4n) is 3.00. The number of aliphatic hydroxyl groups is 2. The minimum absolute atomic E-state index is 0.0332. The lowest BCUT2D eigenvalue weighted by atomic mass is 9.91. The van der Waals surface area contributed by atoms with Gasteiger partial charge in [0.2, 0.25) is 5.91 Å². The Labute approximate surface area is 143 Å². The average molecular weight is 352 g/mol. The van der Waals surface area contributed by atoms with E-state index in [2.05, 4.69) is 5.32 Å². The molecule has 1 aromatic carbocycles. The number of fused-ring (bicyclic) bond motifs is 1. The Morgan fingerprint density at radius 1 is 1.38 bits per heavy atom. The molecule has 1 unspecified atom stereocenters. The number of rotatable bonds is 4. The van der Waals surface area contributed by atoms with E-state index in [0.29, 0.717) is 25.3 Å². The van der Waals surface area contributed by atoms with Crippen LogP contribution in [0.25, 0.3) is 0 Å². The summed E-state index contributed by atoms with van der Waals surface area (Å²) in [5, 5.41) is 32.2. The molecule has 7 nitrogen and oxygen atoms in total. The number of carboxylic acids is 1. The lowest BCUT2D eigenvalue weighted by molar-refractivity contribution is -0.166. The summed E-state index contributed by atoms with van der Waals surface area (Å²) in [5.41, 5.74) is -0.0354. The van der Waals surface area contributed by atoms with Crippen molar-refractivity contribution in [1.29, 1.82) is 0 Å². The quantitative estimate of drug-likeness (QED) is 0.625. The molecule has 0 aliphatic carbocycles. The van der Waals surface area contributed by atoms with Crippen LogP contribution in [0.2, 0.25) is 0 Å². The molecule has 4 N–H and O–H groups in total. The van der Waals surface area contributed by atoms with Crippen molar-refractivity contribution in [1.82, 2.24) is 4.90 Å². The monoisotopic (exact) mass is 352 g/mol. The number of aliphatic carboxylic acids is 1. The van der Waals surface area contributed by atoms with E-state index < -0.39 is 17.8 Å². The zero-order valence-electron chi connectivity index (χ0n) is 13.1. The summed E-state index contributed by atoms with van der Waals surface area (Å²) < 4.78 is 0. The largest absolute Gasteiger partial charge is 0.479 e. The van der Waals surface area contributed by atoms with Crippen molar-refractivity contribution >= 4 is 29.3 Å². The fraction of sp³-hybridized carbons (Fsp3) is 0.500. The van der Waals surface area contributed by atoms with Crippen LogP contribution in [-0.4, -0.2) is 62.8 Å². The second-order valence-corrected chi connectivity index (χ2v) is 7.24. The van der Waals surface area contributed by atoms with E-state index in [4.69, 9.17) is 5.11 Å². The molecule has 2 aliphatic rings. The first kappa shape index (κ1) is 17.2. The number of amides is 1. The molecule has 1 atom stereocenters. The Kier molecular flexibility index (Phi) is 4.82. The van der Waals surface area contributed by atoms with Crippen LogP contribution in [0.5, 0.6) is 0 Å². The third-order valence-electron chi connectivity index (χ3n) is 4.54. The molecule has 3 rings (SSSR count). The molecule has 1 aromatic rings. The van der Waals surface area contributed by atoms with Crippen LogP contribution in [0.1, 0.15) is 18.4 Å². The van der Waals surface area contributed by atoms with Gasteiger partial charge in [-0.2, -0.15) is 0 Å². The van der Waals surface area contributed by atoms with Gasteiger partial charge >= 0.3 is 5.97 Å². The first-order valence-corrected chi connectivity index (χ1v) is 8.79. The van der Waals surface area contributed by atoms with Gasteiger partial charge in [0.15, 0.2) is 5.60 Å². The van der Waals surface area contributed by atoms with Crippen molar-refractivity contribution in [3.05, 3.63) is 23.8 Å². The van der Waals surface area contributed by atoms with E-state index in [9.17, 15) is 19.8 Å². The van der Waals surface area contributed by atoms with Crippen LogP contribution in [0.4, 0.5) is 5.69 Å². The first-order chi connectivity index (χ1) is 11.4. The van der Waals surface area contributed by atoms with E-state index in [1.165, 1.54) is 11.8 Å². The van der Waals surface area contributed by atoms with Crippen LogP contribution in [0, 0.1) is 0 Å². The number of likely N-dealkylation sites (tertiary alicyclic amines) is 1. The van der Waals surface area contributed by atoms with Gasteiger partial charge in [0.05, 0.1) is 11.4 Å². The number of hydrogen-bond donors (Lipinski definition) is 4. The molecule has 130 valence electrons. The number of nitrogens with zero attached hydrogens (tertiary/aromatic N) is 1. The summed E-state index contributed by atoms with van der Waals surface area (Å²) in [6.07, 6.45) is -0.195. The predicted molar refractivity (Wildman–Crippen MR) is 88.9 cm³/mol. The van der Waals surface area contributed by atoms with E-state index in [-0.39, 0.29) is 18.7 Å². The van der Waals surface area contributed by atoms with Crippen LogP contribution < -0.4 is 5.32 Å². The molecule has 1 amide bonds. The molecule has 2 heterocycles. The van der Waals surface area contributed by atoms with Crippen LogP contribution in [-0.2, 0) is 16.0 Å². The van der Waals surface area contributed by atoms with Gasteiger partial charge in [-0.25, -0.2) is 4.79 Å². The van der Waals surface area contributed by atoms with Crippen molar-refractivity contribution in [2.45, 2.75) is 36.0 Å². The third kappa shape index (κ3) is 3.56. The maximum absolute atomic E-state index is 11.5. The number of nitrogens with one attached hydrogen (secondary N) is 1. The van der Waals surface area contributed by atoms with Crippen molar-refractivity contribution in [3.8, 4) is 0 Å². The van der Waals surface area contributed by atoms with Gasteiger partial charge < -0.3 is 20.6 Å². The topological polar surface area (TPSA) is 110 Å². The molecule has 2 aliphatic heterocycles. The van der Waals surface area contributed by atoms with E-state index in [1.807, 2.05) is 18.2 Å². The highest BCUT2D eigenvalue weighted by Gasteiger charge is 2.40. The number of anilines is 1. The lowest BCUT2D eigenvalue weighted by Gasteiger charge is -2.37. The Morgan fingerprint density at radius 2 is 2.08 bits per heavy atom. The smallest absolute Gasteiger partial charge is 0.335 e. The maximum Gasteiger partial charge on any atom is 0.335 e. The number of hydrogen-bond acceptors (Lipinski definition) is 6. The van der Waals surface area contributed by atoms with Gasteiger partial charge in [0, 0.05) is 24.4 Å². The number of aliphatic hydroxyl groups excluding tert-OH is 1. The van der Waals surface area contributed by atoms with Crippen molar-refractivity contribution in [2.75, 3.05) is 24.2 Å². The maximum atomic E-state index is 11.5. The number of piperidine rings is 1. The number of thioether (sulfide) groups is 1. The Bertz CT molecular complexity index is 658. The normalized spacial score (nSPS) is 21.7. The molecule has 8 heteroatoms. The summed E-state index contributed by atoms with van der Waals surface area (Å²) in [6, 6.07) is 5.71. The van der Waals surface area contributed by atoms with Gasteiger partial charge in [-0.3, -0.25) is 9.69 Å². The van der Waals surface area contributed by atoms with Crippen LogP contribution in [0.15, 0.2) is 23.1 Å². The van der Waals surface area contributed by atoms with Crippen molar-refractivity contribution < 1.29 is 24.9 Å². The van der Waals surface area contributed by atoms with Gasteiger partial charge in [0.1, 0.15) is 6.23 Å². The highest BCUT2D eigenvalue weighted by Crippen LogP contribution is 2.32. The van der Waals surface area contributed by atoms with Gasteiger partial charge in [0.25, 0.3) is 0 Å². The zero-order valence-corrected chi connectivity index (χ0v) is 13.9.